The van der Waals surface area contributed by atoms with Crippen LogP contribution in [0.5, 0.6) is 0 Å². The van der Waals surface area contributed by atoms with Crippen LogP contribution >= 0.6 is 11.3 Å². The van der Waals surface area contributed by atoms with E-state index in [0.717, 1.165) is 39.2 Å². The predicted molar refractivity (Wildman–Crippen MR) is 128 cm³/mol. The molecule has 0 radical (unpaired) electrons. The van der Waals surface area contributed by atoms with Crippen molar-refractivity contribution in [1.82, 2.24) is 9.55 Å². The zero-order chi connectivity index (χ0) is 23.0. The number of fused-ring (bicyclic) bond motifs is 1. The zero-order valence-electron chi connectivity index (χ0n) is 18.4. The number of nitrogens with one attached hydrogen (secondary N) is 1. The van der Waals surface area contributed by atoms with E-state index in [-0.39, 0.29) is 17.3 Å². The first-order chi connectivity index (χ1) is 15.3. The van der Waals surface area contributed by atoms with E-state index in [1.807, 2.05) is 39.0 Å². The van der Waals surface area contributed by atoms with Gasteiger partial charge in [0.1, 0.15) is 16.7 Å². The minimum Gasteiger partial charge on any atom is -0.324 e. The minimum atomic E-state index is -0.759. The number of amides is 1. The molecule has 0 aliphatic heterocycles. The molecule has 7 heteroatoms. The van der Waals surface area contributed by atoms with Crippen LogP contribution in [0.3, 0.4) is 0 Å². The van der Waals surface area contributed by atoms with Crippen LogP contribution < -0.4 is 10.9 Å². The topological polar surface area (TPSA) is 64.0 Å². The predicted octanol–water partition coefficient (Wildman–Crippen LogP) is 5.64. The molecule has 0 saturated carbocycles. The Morgan fingerprint density at radius 3 is 2.59 bits per heavy atom. The summed E-state index contributed by atoms with van der Waals surface area (Å²) in [6.45, 7) is 7.58. The van der Waals surface area contributed by atoms with Gasteiger partial charge in [-0.15, -0.1) is 11.3 Å². The minimum absolute atomic E-state index is 0.285. The van der Waals surface area contributed by atoms with Crippen molar-refractivity contribution in [3.8, 4) is 11.1 Å². The van der Waals surface area contributed by atoms with Crippen LogP contribution in [0.25, 0.3) is 21.3 Å². The first kappa shape index (κ1) is 21.9. The Morgan fingerprint density at radius 1 is 1.19 bits per heavy atom. The molecule has 2 aromatic heterocycles. The van der Waals surface area contributed by atoms with Crippen molar-refractivity contribution in [2.45, 2.75) is 40.2 Å². The van der Waals surface area contributed by atoms with Crippen molar-refractivity contribution in [3.63, 3.8) is 0 Å². The number of halogens is 1. The van der Waals surface area contributed by atoms with Crippen molar-refractivity contribution in [3.05, 3.63) is 81.0 Å². The van der Waals surface area contributed by atoms with Gasteiger partial charge in [-0.25, -0.2) is 9.37 Å². The van der Waals surface area contributed by atoms with E-state index in [9.17, 15) is 14.0 Å². The monoisotopic (exact) mass is 449 g/mol. The lowest BCUT2D eigenvalue weighted by atomic mass is 10.0. The van der Waals surface area contributed by atoms with E-state index < -0.39 is 6.04 Å². The van der Waals surface area contributed by atoms with Crippen LogP contribution in [0.15, 0.2) is 53.6 Å². The van der Waals surface area contributed by atoms with Crippen molar-refractivity contribution in [1.29, 1.82) is 0 Å². The van der Waals surface area contributed by atoms with Gasteiger partial charge in [-0.3, -0.25) is 14.2 Å². The van der Waals surface area contributed by atoms with E-state index in [4.69, 9.17) is 0 Å². The van der Waals surface area contributed by atoms with Gasteiger partial charge in [-0.2, -0.15) is 0 Å². The smallest absolute Gasteiger partial charge is 0.263 e. The van der Waals surface area contributed by atoms with Gasteiger partial charge < -0.3 is 5.32 Å². The first-order valence-corrected chi connectivity index (χ1v) is 11.3. The molecular weight excluding hydrogens is 425 g/mol. The highest BCUT2D eigenvalue weighted by Gasteiger charge is 2.22. The molecule has 164 valence electrons. The Balaban J connectivity index is 1.76. The molecule has 1 amide bonds. The Morgan fingerprint density at radius 2 is 1.91 bits per heavy atom. The average molecular weight is 450 g/mol. The Labute approximate surface area is 189 Å². The maximum absolute atomic E-state index is 13.5. The Hall–Kier alpha value is -3.32. The number of benzene rings is 2. The third-order valence-corrected chi connectivity index (χ3v) is 6.74. The highest BCUT2D eigenvalue weighted by Crippen LogP contribution is 2.35. The molecule has 4 aromatic rings. The number of aryl methyl sites for hydroxylation is 3. The van der Waals surface area contributed by atoms with Gasteiger partial charge in [-0.1, -0.05) is 37.3 Å². The van der Waals surface area contributed by atoms with Gasteiger partial charge in [0.25, 0.3) is 5.56 Å². The number of aromatic nitrogens is 2. The van der Waals surface area contributed by atoms with Crippen molar-refractivity contribution >= 4 is 33.1 Å². The first-order valence-electron chi connectivity index (χ1n) is 10.5. The van der Waals surface area contributed by atoms with Crippen molar-refractivity contribution in [2.24, 2.45) is 0 Å². The highest BCUT2D eigenvalue weighted by atomic mass is 32.1. The Bertz CT molecular complexity index is 1370. The molecule has 2 heterocycles. The standard InChI is InChI=1S/C25H24FN3O2S/c1-5-17-8-6-7-14(2)22(17)28-23(30)15(3)29-13-27-24-21(25(29)31)20(16(4)32-24)18-9-11-19(26)12-10-18/h6-13,15H,5H2,1-4H3,(H,28,30)/t15-/m1/s1. The largest absolute Gasteiger partial charge is 0.324 e. The molecule has 0 aliphatic rings. The summed E-state index contributed by atoms with van der Waals surface area (Å²) < 4.78 is 14.8. The second-order valence-corrected chi connectivity index (χ2v) is 9.01. The quantitative estimate of drug-likeness (QED) is 0.429. The molecule has 0 spiro atoms. The van der Waals surface area contributed by atoms with Crippen LogP contribution in [0, 0.1) is 19.7 Å². The highest BCUT2D eigenvalue weighted by molar-refractivity contribution is 7.19. The Kier molecular flexibility index (Phi) is 5.93. The fraction of sp³-hybridized carbons (Fsp3) is 0.240. The molecule has 0 saturated heterocycles. The number of anilines is 1. The third kappa shape index (κ3) is 3.84. The number of hydrogen-bond donors (Lipinski definition) is 1. The lowest BCUT2D eigenvalue weighted by molar-refractivity contribution is -0.118. The summed E-state index contributed by atoms with van der Waals surface area (Å²) in [5.41, 5.74) is 3.98. The lowest BCUT2D eigenvalue weighted by Gasteiger charge is -2.18. The molecular formula is C25H24FN3O2S. The molecule has 0 bridgehead atoms. The third-order valence-electron chi connectivity index (χ3n) is 5.73. The number of rotatable bonds is 5. The summed E-state index contributed by atoms with van der Waals surface area (Å²) in [7, 11) is 0. The molecule has 2 aromatic carbocycles. The van der Waals surface area contributed by atoms with Gasteiger partial charge >= 0.3 is 0 Å². The SMILES string of the molecule is CCc1cccc(C)c1NC(=O)[C@@H](C)n1cnc2sc(C)c(-c3ccc(F)cc3)c2c1=O. The van der Waals surface area contributed by atoms with Crippen LogP contribution in [0.2, 0.25) is 0 Å². The van der Waals surface area contributed by atoms with E-state index >= 15 is 0 Å². The van der Waals surface area contributed by atoms with E-state index in [1.54, 1.807) is 19.1 Å². The summed E-state index contributed by atoms with van der Waals surface area (Å²) in [5.74, 6) is -0.623. The molecule has 0 fully saturated rings. The number of nitrogens with zero attached hydrogens (tertiary/aromatic N) is 2. The normalized spacial score (nSPS) is 12.2. The van der Waals surface area contributed by atoms with Crippen molar-refractivity contribution < 1.29 is 9.18 Å². The number of para-hydroxylation sites is 1. The molecule has 5 nitrogen and oxygen atoms in total. The molecule has 4 rings (SSSR count). The van der Waals surface area contributed by atoms with Crippen LogP contribution in [0.4, 0.5) is 10.1 Å². The van der Waals surface area contributed by atoms with Crippen LogP contribution in [-0.2, 0) is 11.2 Å². The van der Waals surface area contributed by atoms with E-state index in [2.05, 4.69) is 10.3 Å². The number of carbonyl (C=O) groups excluding carboxylic acids is 1. The van der Waals surface area contributed by atoms with Gasteiger partial charge in [0.15, 0.2) is 0 Å². The van der Waals surface area contributed by atoms with E-state index in [0.29, 0.717) is 10.2 Å². The fourth-order valence-electron chi connectivity index (χ4n) is 3.91. The number of hydrogen-bond acceptors (Lipinski definition) is 4. The van der Waals surface area contributed by atoms with Crippen LogP contribution in [0.1, 0.15) is 35.9 Å². The van der Waals surface area contributed by atoms with Crippen LogP contribution in [-0.4, -0.2) is 15.5 Å². The van der Waals surface area contributed by atoms with Gasteiger partial charge in [-0.05, 0) is 56.0 Å². The lowest BCUT2D eigenvalue weighted by Crippen LogP contribution is -2.32. The maximum atomic E-state index is 13.5. The zero-order valence-corrected chi connectivity index (χ0v) is 19.2. The molecule has 0 unspecified atom stereocenters. The molecule has 1 atom stereocenters. The fourth-order valence-corrected chi connectivity index (χ4v) is 4.91. The van der Waals surface area contributed by atoms with Gasteiger partial charge in [0.05, 0.1) is 11.7 Å². The van der Waals surface area contributed by atoms with Gasteiger partial charge in [0, 0.05) is 16.1 Å². The summed E-state index contributed by atoms with van der Waals surface area (Å²) in [6.07, 6.45) is 2.21. The number of carbonyl (C=O) groups is 1. The average Bonchev–Trinajstić information content (AvgIpc) is 3.12. The molecule has 0 aliphatic carbocycles. The van der Waals surface area contributed by atoms with Crippen molar-refractivity contribution in [2.75, 3.05) is 5.32 Å². The molecule has 1 N–H and O–H groups in total. The maximum Gasteiger partial charge on any atom is 0.263 e. The summed E-state index contributed by atoms with van der Waals surface area (Å²) in [5, 5.41) is 3.45. The van der Waals surface area contributed by atoms with Gasteiger partial charge in [0.2, 0.25) is 5.91 Å². The molecule has 32 heavy (non-hydrogen) atoms. The summed E-state index contributed by atoms with van der Waals surface area (Å²) in [6, 6.07) is 11.2. The second-order valence-electron chi connectivity index (χ2n) is 7.81. The second kappa shape index (κ2) is 8.67. The summed E-state index contributed by atoms with van der Waals surface area (Å²) in [4.78, 5) is 32.5. The summed E-state index contributed by atoms with van der Waals surface area (Å²) >= 11 is 1.41. The van der Waals surface area contributed by atoms with E-state index in [1.165, 1.54) is 34.4 Å². The number of thiophene rings is 1.